The number of esters is 1. The summed E-state index contributed by atoms with van der Waals surface area (Å²) in [6.07, 6.45) is 6.12. The molecule has 444 valence electrons. The van der Waals surface area contributed by atoms with Crippen LogP contribution in [-0.4, -0.2) is 160 Å². The average Bonchev–Trinajstić information content (AvgIpc) is 4.24. The Kier molecular flexibility index (Phi) is 23.2. The van der Waals surface area contributed by atoms with Crippen molar-refractivity contribution in [1.82, 2.24) is 20.9 Å². The van der Waals surface area contributed by atoms with E-state index in [0.29, 0.717) is 73.9 Å². The molecule has 20 nitrogen and oxygen atoms in total. The molecule has 22 heteroatoms. The molecule has 1 aliphatic carbocycles. The van der Waals surface area contributed by atoms with Gasteiger partial charge in [-0.05, 0) is 107 Å². The third-order valence-electron chi connectivity index (χ3n) is 16.1. The molecule has 2 aromatic rings. The van der Waals surface area contributed by atoms with Crippen LogP contribution in [0.3, 0.4) is 0 Å². The molecule has 6 rings (SSSR count). The summed E-state index contributed by atoms with van der Waals surface area (Å²) in [6.45, 7) is 7.78. The molecule has 0 aromatic heterocycles. The minimum Gasteiger partial charge on any atom is -0.496 e. The van der Waals surface area contributed by atoms with Crippen LogP contribution in [0.4, 0.5) is 10.5 Å². The molecule has 2 saturated heterocycles. The normalized spacial score (nSPS) is 27.1. The van der Waals surface area contributed by atoms with Gasteiger partial charge >= 0.3 is 12.1 Å². The number of ether oxygens (including phenoxy) is 6. The second-order valence-corrected chi connectivity index (χ2v) is 23.3. The molecule has 0 radical (unpaired) electrons. The zero-order chi connectivity index (χ0) is 59.2. The lowest BCUT2D eigenvalue weighted by Crippen LogP contribution is -2.63. The topological polar surface area (TPSA) is 258 Å². The zero-order valence-electron chi connectivity index (χ0n) is 48.0. The first-order valence-electron chi connectivity index (χ1n) is 27.6. The molecule has 81 heavy (non-hydrogen) atoms. The number of methoxy groups -OCH3 is 3. The van der Waals surface area contributed by atoms with E-state index < -0.39 is 65.7 Å². The van der Waals surface area contributed by atoms with Gasteiger partial charge in [-0.1, -0.05) is 48.4 Å². The Morgan fingerprint density at radius 1 is 1.01 bits per heavy atom. The van der Waals surface area contributed by atoms with Gasteiger partial charge in [-0.2, -0.15) is 11.8 Å². The Hall–Kier alpha value is -6.00. The molecule has 4 aliphatic rings. The maximum Gasteiger partial charge on any atom is 0.409 e. The van der Waals surface area contributed by atoms with Crippen molar-refractivity contribution in [2.24, 2.45) is 17.8 Å². The molecule has 5 amide bonds. The molecule has 3 fully saturated rings. The predicted molar refractivity (Wildman–Crippen MR) is 305 cm³/mol. The first-order chi connectivity index (χ1) is 38.5. The third-order valence-corrected chi connectivity index (χ3v) is 17.4. The number of halogens is 1. The van der Waals surface area contributed by atoms with Gasteiger partial charge in [-0.3, -0.25) is 34.1 Å². The van der Waals surface area contributed by atoms with Crippen LogP contribution in [0.1, 0.15) is 113 Å². The highest BCUT2D eigenvalue weighted by Crippen LogP contribution is 2.49. The number of benzene rings is 2. The molecular formula is C59H80ClN5O15S. The van der Waals surface area contributed by atoms with Crippen molar-refractivity contribution < 1.29 is 71.9 Å². The number of epoxide rings is 1. The van der Waals surface area contributed by atoms with Gasteiger partial charge in [0, 0.05) is 77.6 Å². The van der Waals surface area contributed by atoms with Gasteiger partial charge in [0.1, 0.15) is 52.3 Å². The minimum atomic E-state index is -1.87. The largest absolute Gasteiger partial charge is 0.496 e. The fourth-order valence-electron chi connectivity index (χ4n) is 10.8. The number of likely N-dealkylation sites (N-methyl/N-ethyl adjacent to an activating group) is 1. The van der Waals surface area contributed by atoms with Crippen LogP contribution in [-0.2, 0) is 60.6 Å². The highest BCUT2D eigenvalue weighted by molar-refractivity contribution is 7.99. The summed E-state index contributed by atoms with van der Waals surface area (Å²) >= 11 is 8.08. The number of hydrogen-bond donors (Lipinski definition) is 4. The van der Waals surface area contributed by atoms with Gasteiger partial charge < -0.3 is 54.0 Å². The lowest BCUT2D eigenvalue weighted by Gasteiger charge is -2.42. The van der Waals surface area contributed by atoms with E-state index >= 15 is 0 Å². The summed E-state index contributed by atoms with van der Waals surface area (Å²) < 4.78 is 34.7. The van der Waals surface area contributed by atoms with Gasteiger partial charge in [-0.15, -0.1) is 0 Å². The number of aryl methyl sites for hydroxylation is 1. The van der Waals surface area contributed by atoms with E-state index in [4.69, 9.17) is 40.0 Å². The highest BCUT2D eigenvalue weighted by Gasteiger charge is 2.64. The van der Waals surface area contributed by atoms with Gasteiger partial charge in [0.25, 0.3) is 0 Å². The summed E-state index contributed by atoms with van der Waals surface area (Å²) in [5.41, 5.74) is 0.225. The van der Waals surface area contributed by atoms with Gasteiger partial charge in [-0.25, -0.2) is 9.59 Å². The van der Waals surface area contributed by atoms with Crippen molar-refractivity contribution in [3.63, 3.8) is 0 Å². The molecular weight excluding hydrogens is 1090 g/mol. The van der Waals surface area contributed by atoms with Gasteiger partial charge in [0.15, 0.2) is 12.0 Å². The van der Waals surface area contributed by atoms with Crippen LogP contribution in [0.5, 0.6) is 11.5 Å². The van der Waals surface area contributed by atoms with E-state index in [-0.39, 0.29) is 65.2 Å². The molecule has 6 unspecified atom stereocenters. The van der Waals surface area contributed by atoms with Crippen molar-refractivity contribution in [1.29, 1.82) is 0 Å². The van der Waals surface area contributed by atoms with E-state index in [0.717, 1.165) is 48.7 Å². The van der Waals surface area contributed by atoms with Crippen molar-refractivity contribution in [2.75, 3.05) is 64.9 Å². The standard InChI is InChI=1S/C59H80ClN5O15S/c1-35-12-10-14-48(77-9)59(74)31-47(78-57(73)63-59)36(2)55-58(4,80-55)49(30-53(71)65(6)43-27-40(26-35)29-46(76-8)54(43)60)79-56(72)37(3)64(5)52(70)23-25-81-34-51(69)61-24-11-13-44(67)41-19-16-39(17-20-41)32-62-50(68)22-18-38-15-21-42(33-66)45(28-38)75-7/h10,12,14-15,21,27-29,33,36-37,39,41,47-49,55,74H,11,13,16-20,22-26,30-32,34H2,1-9H3,(H,61,69)(H,62,68)(H,63,73)/b14-10+,35-12+/t36?,37-,39?,41?,47?,48?,49-,55?,58?,59?/m0/s1. The van der Waals surface area contributed by atoms with Crippen LogP contribution in [0, 0.1) is 17.8 Å². The second-order valence-electron chi connectivity index (χ2n) is 21.8. The van der Waals surface area contributed by atoms with Crippen molar-refractivity contribution in [3.8, 4) is 11.5 Å². The maximum absolute atomic E-state index is 14.4. The van der Waals surface area contributed by atoms with E-state index in [1.165, 1.54) is 56.9 Å². The molecule has 8 atom stereocenters. The monoisotopic (exact) mass is 1170 g/mol. The number of thioether (sulfide) groups is 1. The first kappa shape index (κ1) is 64.2. The number of alkyl carbamates (subject to hydrolysis) is 1. The van der Waals surface area contributed by atoms with Crippen LogP contribution in [0.15, 0.2) is 54.1 Å². The first-order valence-corrected chi connectivity index (χ1v) is 29.2. The summed E-state index contributed by atoms with van der Waals surface area (Å²) in [5.74, 6) is -0.889. The fraction of sp³-hybridized carbons (Fsp3) is 0.593. The lowest BCUT2D eigenvalue weighted by atomic mass is 9.79. The van der Waals surface area contributed by atoms with Crippen LogP contribution >= 0.6 is 23.4 Å². The SMILES string of the molecule is COc1cc(CCC(=O)NCC2CCC(C(=O)CCCNC(=O)CSCCC(=O)N(C)[C@@H](C)C(=O)O[C@H]3CC(=O)N(C)c4cc(cc(OC)c4Cl)C/C(C)=C/C=C/C(OC)C4(O)CC(OC(=O)N4)C(C)C4OC43C)CC2)ccc1C=O. The lowest BCUT2D eigenvalue weighted by molar-refractivity contribution is -0.162. The number of aliphatic hydroxyl groups is 1. The van der Waals surface area contributed by atoms with E-state index in [2.05, 4.69) is 16.0 Å². The summed E-state index contributed by atoms with van der Waals surface area (Å²) in [4.78, 5) is 107. The molecule has 4 N–H and O–H groups in total. The van der Waals surface area contributed by atoms with Gasteiger partial charge in [0.2, 0.25) is 23.6 Å². The third kappa shape index (κ3) is 17.0. The molecule has 0 spiro atoms. The minimum absolute atomic E-state index is 0.0110. The molecule has 4 bridgehead atoms. The predicted octanol–water partition coefficient (Wildman–Crippen LogP) is 6.48. The number of ketones is 1. The maximum atomic E-state index is 14.4. The van der Waals surface area contributed by atoms with Crippen LogP contribution < -0.4 is 30.3 Å². The number of rotatable bonds is 22. The quantitative estimate of drug-likeness (QED) is 0.0426. The molecule has 3 heterocycles. The number of Topliss-reactive ketones (excluding diaryl/α,β-unsaturated/α-hetero) is 1. The fourth-order valence-corrected chi connectivity index (χ4v) is 11.8. The van der Waals surface area contributed by atoms with Crippen LogP contribution in [0.2, 0.25) is 5.02 Å². The van der Waals surface area contributed by atoms with Crippen molar-refractivity contribution >= 4 is 76.8 Å². The Balaban J connectivity index is 0.957. The number of anilines is 1. The number of amides is 5. The average molecular weight is 1170 g/mol. The number of aldehydes is 1. The highest BCUT2D eigenvalue weighted by atomic mass is 35.5. The molecule has 2 aromatic carbocycles. The molecule has 1 saturated carbocycles. The van der Waals surface area contributed by atoms with Crippen molar-refractivity contribution in [2.45, 2.75) is 147 Å². The number of hydrogen-bond acceptors (Lipinski definition) is 16. The van der Waals surface area contributed by atoms with E-state index in [1.54, 1.807) is 57.3 Å². The number of allylic oxidation sites excluding steroid dienone is 3. The van der Waals surface area contributed by atoms with Crippen molar-refractivity contribution in [3.05, 3.63) is 75.8 Å². The number of fused-ring (bicyclic) bond motifs is 5. The van der Waals surface area contributed by atoms with Crippen LogP contribution in [0.25, 0.3) is 0 Å². The van der Waals surface area contributed by atoms with E-state index in [9.17, 15) is 43.5 Å². The number of carbonyl (C=O) groups excluding carboxylic acids is 8. The number of nitrogens with one attached hydrogen (secondary N) is 3. The smallest absolute Gasteiger partial charge is 0.409 e. The Bertz CT molecular complexity index is 2680. The Morgan fingerprint density at radius 3 is 2.43 bits per heavy atom. The number of nitrogens with zero attached hydrogens (tertiary/aromatic N) is 2. The summed E-state index contributed by atoms with van der Waals surface area (Å²) in [6, 6.07) is 7.72. The van der Waals surface area contributed by atoms with E-state index in [1.807, 2.05) is 19.1 Å². The number of carbonyl (C=O) groups is 8. The molecule has 3 aliphatic heterocycles. The second kappa shape index (κ2) is 29.3. The van der Waals surface area contributed by atoms with Gasteiger partial charge in [0.05, 0.1) is 43.7 Å². The summed E-state index contributed by atoms with van der Waals surface area (Å²) in [7, 11) is 7.42. The zero-order valence-corrected chi connectivity index (χ0v) is 49.5. The Morgan fingerprint density at radius 2 is 1.74 bits per heavy atom. The Labute approximate surface area is 484 Å². The summed E-state index contributed by atoms with van der Waals surface area (Å²) in [5, 5.41) is 20.4.